The van der Waals surface area contributed by atoms with Gasteiger partial charge in [0.1, 0.15) is 30.5 Å². The second-order valence-electron chi connectivity index (χ2n) is 16.0. The van der Waals surface area contributed by atoms with E-state index < -0.39 is 59.8 Å². The summed E-state index contributed by atoms with van der Waals surface area (Å²) in [5.74, 6) is -0.404. The summed E-state index contributed by atoms with van der Waals surface area (Å²) in [4.78, 5) is 12.8. The van der Waals surface area contributed by atoms with Gasteiger partial charge in [0.25, 0.3) is 0 Å². The molecule has 0 aromatic heterocycles. The largest absolute Gasteiger partial charge is 0.457 e. The van der Waals surface area contributed by atoms with Crippen molar-refractivity contribution >= 4 is 16.4 Å². The average Bonchev–Trinajstić information content (AvgIpc) is 3.18. The lowest BCUT2D eigenvalue weighted by atomic mass is 9.99. The summed E-state index contributed by atoms with van der Waals surface area (Å²) in [7, 11) is -5.06. The molecule has 338 valence electrons. The quantitative estimate of drug-likeness (QED) is 0.0199. The number of ether oxygens (including phenoxy) is 4. The topological polar surface area (TPSA) is 178 Å². The van der Waals surface area contributed by atoms with Crippen LogP contribution in [0.4, 0.5) is 0 Å². The predicted octanol–water partition coefficient (Wildman–Crippen LogP) is 9.47. The van der Waals surface area contributed by atoms with Crippen molar-refractivity contribution < 1.29 is 56.2 Å². The van der Waals surface area contributed by atoms with Crippen LogP contribution in [0, 0.1) is 0 Å². The van der Waals surface area contributed by atoms with Crippen molar-refractivity contribution in [1.29, 1.82) is 0 Å². The van der Waals surface area contributed by atoms with Gasteiger partial charge in [-0.1, -0.05) is 167 Å². The molecular formula is C44H84O12S. The fourth-order valence-corrected chi connectivity index (χ4v) is 7.65. The van der Waals surface area contributed by atoms with Crippen LogP contribution in [-0.2, 0) is 38.3 Å². The van der Waals surface area contributed by atoms with Gasteiger partial charge in [0.2, 0.25) is 0 Å². The number of esters is 1. The van der Waals surface area contributed by atoms with Gasteiger partial charge < -0.3 is 34.3 Å². The normalized spacial score (nSPS) is 20.7. The number of aliphatic hydroxyl groups excluding tert-OH is 3. The first-order valence-corrected chi connectivity index (χ1v) is 24.3. The number of unbranched alkanes of at least 4 members (excludes halogenated alkanes) is 25. The molecule has 12 nitrogen and oxygen atoms in total. The van der Waals surface area contributed by atoms with Gasteiger partial charge in [-0.25, -0.2) is 4.18 Å². The first-order chi connectivity index (χ1) is 27.6. The van der Waals surface area contributed by atoms with Gasteiger partial charge in [0.05, 0.1) is 19.8 Å². The van der Waals surface area contributed by atoms with Crippen LogP contribution < -0.4 is 0 Å². The molecule has 1 rings (SSSR count). The second kappa shape index (κ2) is 36.7. The van der Waals surface area contributed by atoms with Crippen molar-refractivity contribution in [2.45, 2.75) is 237 Å². The number of hydrogen-bond donors (Lipinski definition) is 4. The lowest BCUT2D eigenvalue weighted by Crippen LogP contribution is -2.60. The Bertz CT molecular complexity index is 1060. The Morgan fingerprint density at radius 3 is 1.58 bits per heavy atom. The Morgan fingerprint density at radius 2 is 1.11 bits per heavy atom. The van der Waals surface area contributed by atoms with E-state index >= 15 is 0 Å². The van der Waals surface area contributed by atoms with E-state index in [1.165, 1.54) is 116 Å². The Kier molecular flexibility index (Phi) is 34.6. The Hall–Kier alpha value is -1.16. The number of rotatable bonds is 40. The summed E-state index contributed by atoms with van der Waals surface area (Å²) >= 11 is 0. The molecule has 1 saturated heterocycles. The highest BCUT2D eigenvalue weighted by atomic mass is 32.3. The number of carbonyl (C=O) groups is 1. The fourth-order valence-electron chi connectivity index (χ4n) is 7.14. The van der Waals surface area contributed by atoms with E-state index in [2.05, 4.69) is 30.2 Å². The number of allylic oxidation sites excluding steroid dienone is 2. The maximum atomic E-state index is 12.8. The van der Waals surface area contributed by atoms with Gasteiger partial charge >= 0.3 is 16.4 Å². The van der Waals surface area contributed by atoms with E-state index in [0.29, 0.717) is 13.0 Å². The van der Waals surface area contributed by atoms with E-state index in [0.717, 1.165) is 57.8 Å². The summed E-state index contributed by atoms with van der Waals surface area (Å²) in [5, 5.41) is 30.6. The molecule has 0 aliphatic carbocycles. The van der Waals surface area contributed by atoms with Crippen molar-refractivity contribution in [3.8, 4) is 0 Å². The highest BCUT2D eigenvalue weighted by molar-refractivity contribution is 7.80. The first kappa shape index (κ1) is 53.9. The van der Waals surface area contributed by atoms with Crippen LogP contribution in [0.5, 0.6) is 0 Å². The number of hydrogen-bond acceptors (Lipinski definition) is 11. The van der Waals surface area contributed by atoms with Gasteiger partial charge in [0.15, 0.2) is 6.29 Å². The van der Waals surface area contributed by atoms with Crippen LogP contribution >= 0.6 is 0 Å². The zero-order chi connectivity index (χ0) is 41.8. The molecule has 0 bridgehead atoms. The molecular weight excluding hydrogens is 753 g/mol. The van der Waals surface area contributed by atoms with E-state index in [4.69, 9.17) is 23.5 Å². The Balaban J connectivity index is 2.43. The number of aliphatic hydroxyl groups is 3. The first-order valence-electron chi connectivity index (χ1n) is 22.9. The Morgan fingerprint density at radius 1 is 0.649 bits per heavy atom. The Labute approximate surface area is 347 Å². The molecule has 1 aliphatic heterocycles. The van der Waals surface area contributed by atoms with E-state index in [9.17, 15) is 28.5 Å². The van der Waals surface area contributed by atoms with Crippen LogP contribution in [0.1, 0.15) is 200 Å². The monoisotopic (exact) mass is 837 g/mol. The second-order valence-corrected chi connectivity index (χ2v) is 17.0. The third kappa shape index (κ3) is 30.5. The zero-order valence-electron chi connectivity index (χ0n) is 35.9. The minimum Gasteiger partial charge on any atom is -0.457 e. The molecule has 0 radical (unpaired) electrons. The molecule has 1 fully saturated rings. The lowest BCUT2D eigenvalue weighted by molar-refractivity contribution is -0.301. The maximum absolute atomic E-state index is 12.8. The molecule has 0 amide bonds. The van der Waals surface area contributed by atoms with Gasteiger partial charge in [-0.2, -0.15) is 8.42 Å². The molecule has 57 heavy (non-hydrogen) atoms. The molecule has 0 aromatic rings. The molecule has 0 saturated carbocycles. The van der Waals surface area contributed by atoms with Crippen molar-refractivity contribution in [3.05, 3.63) is 12.2 Å². The summed E-state index contributed by atoms with van der Waals surface area (Å²) in [6.07, 6.45) is 29.5. The summed E-state index contributed by atoms with van der Waals surface area (Å²) in [5.41, 5.74) is 0. The number of carbonyl (C=O) groups excluding carboxylic acids is 1. The smallest absolute Gasteiger partial charge is 0.397 e. The van der Waals surface area contributed by atoms with Gasteiger partial charge in [-0.3, -0.25) is 9.35 Å². The average molecular weight is 837 g/mol. The summed E-state index contributed by atoms with van der Waals surface area (Å²) in [6.45, 7) is 4.00. The van der Waals surface area contributed by atoms with Crippen molar-refractivity contribution in [2.24, 2.45) is 0 Å². The fraction of sp³-hybridized carbons (Fsp3) is 0.932. The SMILES string of the molecule is CCCCCCCC/C=C\CCCCCCCC(=O)OC(COCCCCCCCCCCCCCCCCC)COC1OC(CO)C(O)C(OS(=O)(=O)O)C1O. The minimum atomic E-state index is -5.06. The van der Waals surface area contributed by atoms with E-state index in [1.807, 2.05) is 0 Å². The molecule has 6 atom stereocenters. The third-order valence-corrected chi connectivity index (χ3v) is 11.1. The minimum absolute atomic E-state index is 0.0382. The molecule has 1 aliphatic rings. The van der Waals surface area contributed by atoms with Crippen molar-refractivity contribution in [3.63, 3.8) is 0 Å². The third-order valence-electron chi connectivity index (χ3n) is 10.6. The van der Waals surface area contributed by atoms with Crippen LogP contribution in [0.15, 0.2) is 12.2 Å². The van der Waals surface area contributed by atoms with Gasteiger partial charge in [-0.05, 0) is 38.5 Å². The maximum Gasteiger partial charge on any atom is 0.397 e. The van der Waals surface area contributed by atoms with E-state index in [-0.39, 0.29) is 19.6 Å². The van der Waals surface area contributed by atoms with E-state index in [1.54, 1.807) is 0 Å². The van der Waals surface area contributed by atoms with Crippen molar-refractivity contribution in [1.82, 2.24) is 0 Å². The standard InChI is InChI=1S/C44H84O12S/c1-3-5-7-9-11-13-15-17-19-21-23-25-27-29-31-33-40(46)54-38(37-53-44-42(48)43(56-57(49,50)51)41(47)39(35-45)55-44)36-52-34-32-30-28-26-24-22-20-18-16-14-12-10-8-6-4-2/h17,19,38-39,41-45,47-48H,3-16,18,20-37H2,1-2H3,(H,49,50,51)/b19-17-. The van der Waals surface area contributed by atoms with Crippen molar-refractivity contribution in [2.75, 3.05) is 26.4 Å². The molecule has 13 heteroatoms. The van der Waals surface area contributed by atoms with Crippen LogP contribution in [-0.4, -0.2) is 97.5 Å². The molecule has 0 spiro atoms. The molecule has 0 aromatic carbocycles. The zero-order valence-corrected chi connectivity index (χ0v) is 36.7. The van der Waals surface area contributed by atoms with Gasteiger partial charge in [0, 0.05) is 13.0 Å². The van der Waals surface area contributed by atoms with Crippen LogP contribution in [0.2, 0.25) is 0 Å². The molecule has 6 unspecified atom stereocenters. The summed E-state index contributed by atoms with van der Waals surface area (Å²) < 4.78 is 59.0. The molecule has 1 heterocycles. The van der Waals surface area contributed by atoms with Crippen LogP contribution in [0.3, 0.4) is 0 Å². The highest BCUT2D eigenvalue weighted by Crippen LogP contribution is 2.26. The molecule has 4 N–H and O–H groups in total. The van der Waals surface area contributed by atoms with Gasteiger partial charge in [-0.15, -0.1) is 0 Å². The summed E-state index contributed by atoms with van der Waals surface area (Å²) in [6, 6.07) is 0. The van der Waals surface area contributed by atoms with Crippen LogP contribution in [0.25, 0.3) is 0 Å². The lowest BCUT2D eigenvalue weighted by Gasteiger charge is -2.41. The highest BCUT2D eigenvalue weighted by Gasteiger charge is 2.48. The predicted molar refractivity (Wildman–Crippen MR) is 225 cm³/mol.